The minimum Gasteiger partial charge on any atom is -0.502 e. The van der Waals surface area contributed by atoms with Gasteiger partial charge in [0.2, 0.25) is 35.4 Å². The van der Waals surface area contributed by atoms with Gasteiger partial charge in [-0.3, -0.25) is 43.7 Å². The number of nitro groups is 1. The molecule has 6 atom stereocenters. The maximum Gasteiger partial charge on any atom is 0.310 e. The normalized spacial score (nSPS) is 14.1. The minimum absolute atomic E-state index is 0.0801. The first kappa shape index (κ1) is 45.8. The Labute approximate surface area is 321 Å². The summed E-state index contributed by atoms with van der Waals surface area (Å²) in [5.74, 6) is -7.58. The van der Waals surface area contributed by atoms with Crippen LogP contribution in [0.4, 0.5) is 11.4 Å². The van der Waals surface area contributed by atoms with Crippen molar-refractivity contribution in [1.82, 2.24) is 31.9 Å². The molecule has 0 saturated heterocycles. The Hall–Kier alpha value is -6.35. The van der Waals surface area contributed by atoms with Gasteiger partial charge in [-0.25, -0.2) is 0 Å². The Morgan fingerprint density at radius 1 is 0.875 bits per heavy atom. The summed E-state index contributed by atoms with van der Waals surface area (Å²) in [4.78, 5) is 98.6. The largest absolute Gasteiger partial charge is 0.502 e. The predicted octanol–water partition coefficient (Wildman–Crippen LogP) is -1.95. The molecule has 2 rings (SSSR count). The van der Waals surface area contributed by atoms with E-state index in [0.29, 0.717) is 12.1 Å². The molecule has 2 aromatic carbocycles. The Balaban J connectivity index is 2.09. The van der Waals surface area contributed by atoms with Crippen molar-refractivity contribution in [2.24, 2.45) is 11.7 Å². The van der Waals surface area contributed by atoms with Crippen LogP contribution in [0.1, 0.15) is 51.2 Å². The molecule has 0 aliphatic heterocycles. The average molecular weight is 788 g/mol. The van der Waals surface area contributed by atoms with Crippen molar-refractivity contribution < 1.29 is 53.8 Å². The number of phenols is 1. The van der Waals surface area contributed by atoms with E-state index in [2.05, 4.69) is 31.9 Å². The third-order valence-corrected chi connectivity index (χ3v) is 8.69. The van der Waals surface area contributed by atoms with Crippen LogP contribution in [0.2, 0.25) is 0 Å². The topological polar surface area (TPSA) is 348 Å². The van der Waals surface area contributed by atoms with Gasteiger partial charge in [-0.15, -0.1) is 0 Å². The van der Waals surface area contributed by atoms with Crippen LogP contribution in [0.3, 0.4) is 0 Å². The molecule has 0 aliphatic rings. The molecule has 0 fully saturated rings. The standard InChI is InChI=1S/C35H49N9O12/c1-4-18(2)30(38-15-21-7-5-6-8-22(21)36)35(54)40-19(3)32(51)43-25(17-45)33(52)39-16-28(47)41-24(13-20-9-11-27(46)26(14-20)44(55)56)34(53)42-23(31(37)50)10-12-29(48)49/h5-9,11,14,18-19,23-25,30,38,45-46H,4,10,12-13,15-17,36H2,1-3H3,(H2,37,50)(H,39,52)(H,40,54)(H,41,47)(H,42,53)(H,43,51)(H,48,49)/t18-,19-,23-,24-,25-,30-/m0/s1. The average Bonchev–Trinajstić information content (AvgIpc) is 3.14. The zero-order valence-corrected chi connectivity index (χ0v) is 31.1. The van der Waals surface area contributed by atoms with Crippen molar-refractivity contribution in [2.75, 3.05) is 18.9 Å². The molecule has 6 amide bonds. The minimum atomic E-state index is -1.58. The zero-order valence-electron chi connectivity index (χ0n) is 31.1. The molecule has 0 heterocycles. The SMILES string of the molecule is CC[C@H](C)[C@H](NCc1ccccc1N)C(=O)N[C@@H](C)C(=O)N[C@@H](CO)C(=O)NCC(=O)N[C@@H](Cc1ccc(O)c([N+](=O)[O-])c1)C(=O)N[C@@H](CCC(=O)O)C(N)=O. The van der Waals surface area contributed by atoms with Crippen molar-refractivity contribution in [3.8, 4) is 5.75 Å². The summed E-state index contributed by atoms with van der Waals surface area (Å²) in [6, 6.07) is 3.77. The number of nitrogens with two attached hydrogens (primary N) is 2. The summed E-state index contributed by atoms with van der Waals surface area (Å²) < 4.78 is 0. The number of anilines is 1. The van der Waals surface area contributed by atoms with E-state index < -0.39 is 120 Å². The van der Waals surface area contributed by atoms with Crippen molar-refractivity contribution in [1.29, 1.82) is 0 Å². The molecule has 0 unspecified atom stereocenters. The predicted molar refractivity (Wildman–Crippen MR) is 199 cm³/mol. The van der Waals surface area contributed by atoms with Gasteiger partial charge in [0.25, 0.3) is 0 Å². The maximum absolute atomic E-state index is 13.2. The number of carbonyl (C=O) groups is 7. The van der Waals surface area contributed by atoms with Gasteiger partial charge in [0.15, 0.2) is 5.75 Å². The van der Waals surface area contributed by atoms with Crippen LogP contribution in [0.25, 0.3) is 0 Å². The van der Waals surface area contributed by atoms with E-state index in [1.54, 1.807) is 12.1 Å². The lowest BCUT2D eigenvalue weighted by Crippen LogP contribution is -2.58. The smallest absolute Gasteiger partial charge is 0.310 e. The number of aromatic hydroxyl groups is 1. The van der Waals surface area contributed by atoms with E-state index in [4.69, 9.17) is 16.6 Å². The number of nitrogen functional groups attached to an aromatic ring is 1. The molecule has 21 nitrogen and oxygen atoms in total. The lowest BCUT2D eigenvalue weighted by molar-refractivity contribution is -0.385. The van der Waals surface area contributed by atoms with Crippen LogP contribution in [0.15, 0.2) is 42.5 Å². The fourth-order valence-electron chi connectivity index (χ4n) is 5.21. The first-order valence-corrected chi connectivity index (χ1v) is 17.5. The maximum atomic E-state index is 13.2. The number of aliphatic hydroxyl groups excluding tert-OH is 1. The van der Waals surface area contributed by atoms with Crippen LogP contribution in [-0.2, 0) is 46.5 Å². The number of nitrogens with zero attached hydrogens (tertiary/aromatic N) is 1. The number of hydrogen-bond acceptors (Lipinski definition) is 13. The van der Waals surface area contributed by atoms with Crippen LogP contribution < -0.4 is 43.4 Å². The molecule has 13 N–H and O–H groups in total. The Kier molecular flexibility index (Phi) is 18.1. The molecule has 0 aliphatic carbocycles. The summed E-state index contributed by atoms with van der Waals surface area (Å²) in [5, 5.41) is 54.8. The quantitative estimate of drug-likeness (QED) is 0.0331. The van der Waals surface area contributed by atoms with Gasteiger partial charge in [0, 0.05) is 31.1 Å². The summed E-state index contributed by atoms with van der Waals surface area (Å²) in [7, 11) is 0. The lowest BCUT2D eigenvalue weighted by atomic mass is 9.97. The van der Waals surface area contributed by atoms with Crippen LogP contribution >= 0.6 is 0 Å². The van der Waals surface area contributed by atoms with E-state index in [-0.39, 0.29) is 18.0 Å². The third kappa shape index (κ3) is 14.5. The number of nitro benzene ring substituents is 1. The Morgan fingerprint density at radius 2 is 1.54 bits per heavy atom. The van der Waals surface area contributed by atoms with Crippen molar-refractivity contribution in [2.45, 2.75) is 83.2 Å². The van der Waals surface area contributed by atoms with E-state index in [9.17, 15) is 53.9 Å². The number of carboxylic acid groups (broad SMARTS) is 1. The van der Waals surface area contributed by atoms with Gasteiger partial charge in [0.05, 0.1) is 24.1 Å². The number of phenolic OH excluding ortho intramolecular Hbond substituents is 1. The summed E-state index contributed by atoms with van der Waals surface area (Å²) in [6.07, 6.45) is -0.756. The van der Waals surface area contributed by atoms with Gasteiger partial charge in [0.1, 0.15) is 24.2 Å². The number of hydrogen-bond donors (Lipinski definition) is 11. The number of aliphatic carboxylic acids is 1. The van der Waals surface area contributed by atoms with E-state index in [1.165, 1.54) is 13.0 Å². The van der Waals surface area contributed by atoms with Crippen LogP contribution in [-0.4, -0.2) is 105 Å². The number of amides is 6. The van der Waals surface area contributed by atoms with E-state index in [0.717, 1.165) is 17.7 Å². The molecule has 0 aromatic heterocycles. The molecule has 0 radical (unpaired) electrons. The molecule has 0 bridgehead atoms. The monoisotopic (exact) mass is 787 g/mol. The number of carbonyl (C=O) groups excluding carboxylic acids is 6. The molecular formula is C35H49N9O12. The van der Waals surface area contributed by atoms with Gasteiger partial charge in [-0.05, 0) is 42.5 Å². The Bertz CT molecular complexity index is 1760. The number of rotatable bonds is 23. The van der Waals surface area contributed by atoms with Gasteiger partial charge >= 0.3 is 11.7 Å². The fraction of sp³-hybridized carbons (Fsp3) is 0.457. The highest BCUT2D eigenvalue weighted by Gasteiger charge is 2.30. The number of para-hydroxylation sites is 1. The first-order valence-electron chi connectivity index (χ1n) is 17.5. The van der Waals surface area contributed by atoms with Crippen LogP contribution in [0.5, 0.6) is 5.75 Å². The zero-order chi connectivity index (χ0) is 42.1. The number of primary amides is 1. The highest BCUT2D eigenvalue weighted by Crippen LogP contribution is 2.27. The van der Waals surface area contributed by atoms with E-state index in [1.807, 2.05) is 26.0 Å². The summed E-state index contributed by atoms with van der Waals surface area (Å²) in [6.45, 7) is 3.67. The van der Waals surface area contributed by atoms with Crippen molar-refractivity contribution >= 4 is 52.8 Å². The number of benzene rings is 2. The van der Waals surface area contributed by atoms with E-state index >= 15 is 0 Å². The number of carboxylic acids is 1. The van der Waals surface area contributed by atoms with Crippen molar-refractivity contribution in [3.63, 3.8) is 0 Å². The second-order valence-electron chi connectivity index (χ2n) is 12.9. The summed E-state index contributed by atoms with van der Waals surface area (Å²) >= 11 is 0. The fourth-order valence-corrected chi connectivity index (χ4v) is 5.21. The molecule has 0 saturated carbocycles. The molecule has 56 heavy (non-hydrogen) atoms. The number of nitrogens with one attached hydrogen (secondary N) is 6. The second kappa shape index (κ2) is 22.1. The van der Waals surface area contributed by atoms with Gasteiger partial charge in [-0.1, -0.05) is 44.5 Å². The third-order valence-electron chi connectivity index (χ3n) is 8.69. The first-order chi connectivity index (χ1) is 26.4. The molecule has 21 heteroatoms. The summed E-state index contributed by atoms with van der Waals surface area (Å²) in [5.41, 5.74) is 12.0. The van der Waals surface area contributed by atoms with Crippen molar-refractivity contribution in [3.05, 3.63) is 63.7 Å². The van der Waals surface area contributed by atoms with Crippen LogP contribution in [0, 0.1) is 16.0 Å². The second-order valence-corrected chi connectivity index (χ2v) is 12.9. The molecule has 0 spiro atoms. The molecular weight excluding hydrogens is 738 g/mol. The van der Waals surface area contributed by atoms with Gasteiger partial charge < -0.3 is 58.7 Å². The molecule has 2 aromatic rings. The molecule has 306 valence electrons. The highest BCUT2D eigenvalue weighted by molar-refractivity contribution is 5.95. The Morgan fingerprint density at radius 3 is 2.12 bits per heavy atom. The number of aliphatic hydroxyl groups is 1. The lowest BCUT2D eigenvalue weighted by Gasteiger charge is -2.26. The highest BCUT2D eigenvalue weighted by atomic mass is 16.6. The van der Waals surface area contributed by atoms with Gasteiger partial charge in [-0.2, -0.15) is 0 Å².